The summed E-state index contributed by atoms with van der Waals surface area (Å²) in [6, 6.07) is 6.90. The Bertz CT molecular complexity index is 425. The first-order valence-electron chi connectivity index (χ1n) is 7.79. The first-order valence-corrected chi connectivity index (χ1v) is 7.79. The molecule has 0 spiro atoms. The van der Waals surface area contributed by atoms with Gasteiger partial charge in [0.15, 0.2) is 0 Å². The minimum atomic E-state index is 0.345. The third-order valence-electron chi connectivity index (χ3n) is 4.55. The van der Waals surface area contributed by atoms with Gasteiger partial charge in [-0.05, 0) is 50.3 Å². The zero-order valence-corrected chi connectivity index (χ0v) is 13.1. The van der Waals surface area contributed by atoms with E-state index in [1.165, 1.54) is 16.7 Å². The number of aryl methyl sites for hydroxylation is 1. The molecule has 1 saturated heterocycles. The van der Waals surface area contributed by atoms with Gasteiger partial charge in [0.1, 0.15) is 0 Å². The third kappa shape index (κ3) is 3.40. The van der Waals surface area contributed by atoms with Gasteiger partial charge in [0.05, 0.1) is 6.10 Å². The van der Waals surface area contributed by atoms with Crippen LogP contribution in [0.5, 0.6) is 0 Å². The van der Waals surface area contributed by atoms with Crippen molar-refractivity contribution < 1.29 is 4.74 Å². The molecule has 1 aliphatic heterocycles. The molecule has 3 nitrogen and oxygen atoms in total. The highest BCUT2D eigenvalue weighted by Crippen LogP contribution is 2.28. The lowest BCUT2D eigenvalue weighted by molar-refractivity contribution is 0.00446. The van der Waals surface area contributed by atoms with Gasteiger partial charge in [-0.15, -0.1) is 0 Å². The van der Waals surface area contributed by atoms with Crippen LogP contribution >= 0.6 is 0 Å². The monoisotopic (exact) mass is 276 g/mol. The molecule has 1 atom stereocenters. The van der Waals surface area contributed by atoms with Crippen molar-refractivity contribution in [1.82, 2.24) is 4.90 Å². The molecule has 20 heavy (non-hydrogen) atoms. The van der Waals surface area contributed by atoms with Gasteiger partial charge in [-0.3, -0.25) is 4.90 Å². The number of piperidine rings is 1. The summed E-state index contributed by atoms with van der Waals surface area (Å²) in [6.45, 7) is 10.1. The summed E-state index contributed by atoms with van der Waals surface area (Å²) in [5.74, 6) is 0. The third-order valence-corrected chi connectivity index (χ3v) is 4.55. The maximum absolute atomic E-state index is 6.08. The van der Waals surface area contributed by atoms with E-state index < -0.39 is 0 Å². The van der Waals surface area contributed by atoms with E-state index in [2.05, 4.69) is 43.9 Å². The molecule has 3 heteroatoms. The molecule has 2 N–H and O–H groups in total. The topological polar surface area (TPSA) is 38.5 Å². The zero-order chi connectivity index (χ0) is 14.5. The Balaban J connectivity index is 2.08. The second kappa shape index (κ2) is 7.21. The lowest BCUT2D eigenvalue weighted by Crippen LogP contribution is -2.42. The van der Waals surface area contributed by atoms with E-state index in [1.807, 2.05) is 0 Å². The zero-order valence-electron chi connectivity index (χ0n) is 13.1. The molecule has 0 radical (unpaired) electrons. The fourth-order valence-electron chi connectivity index (χ4n) is 3.20. The van der Waals surface area contributed by atoms with E-state index in [9.17, 15) is 0 Å². The van der Waals surface area contributed by atoms with E-state index in [1.54, 1.807) is 0 Å². The Labute approximate surface area is 123 Å². The van der Waals surface area contributed by atoms with E-state index >= 15 is 0 Å². The van der Waals surface area contributed by atoms with E-state index in [-0.39, 0.29) is 0 Å². The van der Waals surface area contributed by atoms with Gasteiger partial charge in [0.25, 0.3) is 0 Å². The van der Waals surface area contributed by atoms with E-state index in [0.29, 0.717) is 18.7 Å². The van der Waals surface area contributed by atoms with Crippen LogP contribution in [0, 0.1) is 13.8 Å². The second-order valence-corrected chi connectivity index (χ2v) is 5.73. The SMILES string of the molecule is CCOC1CCN(C(CN)c2cccc(C)c2C)CC1. The molecular formula is C17H28N2O. The molecule has 0 aliphatic carbocycles. The van der Waals surface area contributed by atoms with Crippen molar-refractivity contribution in [2.45, 2.75) is 45.8 Å². The molecule has 0 bridgehead atoms. The Morgan fingerprint density at radius 1 is 1.30 bits per heavy atom. The van der Waals surface area contributed by atoms with Crippen LogP contribution < -0.4 is 5.73 Å². The number of nitrogens with zero attached hydrogens (tertiary/aromatic N) is 1. The van der Waals surface area contributed by atoms with Crippen LogP contribution in [-0.2, 0) is 4.74 Å². The highest BCUT2D eigenvalue weighted by Gasteiger charge is 2.26. The number of likely N-dealkylation sites (tertiary alicyclic amines) is 1. The lowest BCUT2D eigenvalue weighted by atomic mass is 9.94. The average Bonchev–Trinajstić information content (AvgIpc) is 2.46. The number of hydrogen-bond donors (Lipinski definition) is 1. The van der Waals surface area contributed by atoms with Gasteiger partial charge < -0.3 is 10.5 Å². The van der Waals surface area contributed by atoms with Crippen molar-refractivity contribution in [1.29, 1.82) is 0 Å². The number of benzene rings is 1. The van der Waals surface area contributed by atoms with Crippen LogP contribution in [0.15, 0.2) is 18.2 Å². The van der Waals surface area contributed by atoms with Crippen LogP contribution in [0.4, 0.5) is 0 Å². The Morgan fingerprint density at radius 2 is 2.00 bits per heavy atom. The molecule has 1 aromatic rings. The number of nitrogens with two attached hydrogens (primary N) is 1. The summed E-state index contributed by atoms with van der Waals surface area (Å²) in [5, 5.41) is 0. The average molecular weight is 276 g/mol. The maximum atomic E-state index is 6.08. The van der Waals surface area contributed by atoms with Gasteiger partial charge in [-0.2, -0.15) is 0 Å². The van der Waals surface area contributed by atoms with Crippen molar-refractivity contribution in [2.24, 2.45) is 5.73 Å². The summed E-state index contributed by atoms with van der Waals surface area (Å²) >= 11 is 0. The molecule has 1 unspecified atom stereocenters. The molecule has 1 fully saturated rings. The first-order chi connectivity index (χ1) is 9.67. The summed E-state index contributed by atoms with van der Waals surface area (Å²) in [5.41, 5.74) is 10.2. The molecular weight excluding hydrogens is 248 g/mol. The molecule has 0 aromatic heterocycles. The largest absolute Gasteiger partial charge is 0.378 e. The predicted octanol–water partition coefficient (Wildman–Crippen LogP) is 2.80. The van der Waals surface area contributed by atoms with Crippen LogP contribution in [0.1, 0.15) is 42.5 Å². The molecule has 1 aliphatic rings. The van der Waals surface area contributed by atoms with Crippen molar-refractivity contribution in [2.75, 3.05) is 26.2 Å². The van der Waals surface area contributed by atoms with Crippen molar-refractivity contribution in [3.05, 3.63) is 34.9 Å². The normalized spacial score (nSPS) is 19.2. The van der Waals surface area contributed by atoms with Gasteiger partial charge in [-0.1, -0.05) is 18.2 Å². The smallest absolute Gasteiger partial charge is 0.0599 e. The Morgan fingerprint density at radius 3 is 2.60 bits per heavy atom. The number of hydrogen-bond acceptors (Lipinski definition) is 3. The van der Waals surface area contributed by atoms with Gasteiger partial charge in [0.2, 0.25) is 0 Å². The molecule has 2 rings (SSSR count). The number of ether oxygens (including phenoxy) is 1. The summed E-state index contributed by atoms with van der Waals surface area (Å²) < 4.78 is 5.74. The molecule has 0 amide bonds. The predicted molar refractivity (Wildman–Crippen MR) is 83.9 cm³/mol. The summed E-state index contributed by atoms with van der Waals surface area (Å²) in [4.78, 5) is 2.53. The van der Waals surface area contributed by atoms with E-state index in [0.717, 1.165) is 32.5 Å². The highest BCUT2D eigenvalue weighted by atomic mass is 16.5. The van der Waals surface area contributed by atoms with Crippen LogP contribution in [-0.4, -0.2) is 37.2 Å². The summed E-state index contributed by atoms with van der Waals surface area (Å²) in [6.07, 6.45) is 2.68. The minimum absolute atomic E-state index is 0.345. The van der Waals surface area contributed by atoms with Crippen LogP contribution in [0.2, 0.25) is 0 Å². The first kappa shape index (κ1) is 15.5. The van der Waals surface area contributed by atoms with Crippen LogP contribution in [0.3, 0.4) is 0 Å². The van der Waals surface area contributed by atoms with E-state index in [4.69, 9.17) is 10.5 Å². The second-order valence-electron chi connectivity index (χ2n) is 5.73. The minimum Gasteiger partial charge on any atom is -0.378 e. The van der Waals surface area contributed by atoms with Crippen molar-refractivity contribution in [3.63, 3.8) is 0 Å². The lowest BCUT2D eigenvalue weighted by Gasteiger charge is -2.37. The van der Waals surface area contributed by atoms with Crippen molar-refractivity contribution in [3.8, 4) is 0 Å². The Kier molecular flexibility index (Phi) is 5.58. The van der Waals surface area contributed by atoms with Crippen LogP contribution in [0.25, 0.3) is 0 Å². The molecule has 1 heterocycles. The maximum Gasteiger partial charge on any atom is 0.0599 e. The van der Waals surface area contributed by atoms with Gasteiger partial charge in [0, 0.05) is 32.3 Å². The molecule has 0 saturated carbocycles. The Hall–Kier alpha value is -0.900. The highest BCUT2D eigenvalue weighted by molar-refractivity contribution is 5.35. The van der Waals surface area contributed by atoms with Crippen molar-refractivity contribution >= 4 is 0 Å². The number of rotatable bonds is 5. The van der Waals surface area contributed by atoms with Gasteiger partial charge in [-0.25, -0.2) is 0 Å². The molecule has 1 aromatic carbocycles. The summed E-state index contributed by atoms with van der Waals surface area (Å²) in [7, 11) is 0. The fourth-order valence-corrected chi connectivity index (χ4v) is 3.20. The van der Waals surface area contributed by atoms with Gasteiger partial charge >= 0.3 is 0 Å². The fraction of sp³-hybridized carbons (Fsp3) is 0.647. The standard InChI is InChI=1S/C17H28N2O/c1-4-20-15-8-10-19(11-9-15)17(12-18)16-7-5-6-13(2)14(16)3/h5-7,15,17H,4,8-12,18H2,1-3H3. The quantitative estimate of drug-likeness (QED) is 0.898. The molecule has 112 valence electrons.